The number of hydrogen-bond acceptors (Lipinski definition) is 5. The molecule has 2 rings (SSSR count). The number of hydrogen-bond donors (Lipinski definition) is 2. The lowest BCUT2D eigenvalue weighted by atomic mass is 10.2. The average molecular weight is 245 g/mol. The van der Waals surface area contributed by atoms with Crippen LogP contribution >= 0.6 is 12.2 Å². The summed E-state index contributed by atoms with van der Waals surface area (Å²) in [5, 5.41) is 10.9. The summed E-state index contributed by atoms with van der Waals surface area (Å²) in [6, 6.07) is 5.58. The van der Waals surface area contributed by atoms with Gasteiger partial charge in [0.05, 0.1) is 11.8 Å². The molecule has 0 unspecified atom stereocenters. The molecule has 3 N–H and O–H groups in total. The molecule has 2 aromatic rings. The molecule has 5 nitrogen and oxygen atoms in total. The van der Waals surface area contributed by atoms with Gasteiger partial charge in [0.2, 0.25) is 0 Å². The first-order valence-electron chi connectivity index (χ1n) is 5.01. The summed E-state index contributed by atoms with van der Waals surface area (Å²) in [6.45, 7) is 0.599. The molecule has 0 aliphatic heterocycles. The zero-order valence-corrected chi connectivity index (χ0v) is 9.81. The maximum Gasteiger partial charge on any atom is 0.159 e. The van der Waals surface area contributed by atoms with Gasteiger partial charge in [0.15, 0.2) is 5.82 Å². The molecule has 86 valence electrons. The van der Waals surface area contributed by atoms with Gasteiger partial charge in [-0.2, -0.15) is 5.10 Å². The van der Waals surface area contributed by atoms with Gasteiger partial charge in [-0.05, 0) is 17.7 Å². The van der Waals surface area contributed by atoms with Crippen molar-refractivity contribution >= 4 is 23.0 Å². The molecule has 6 heteroatoms. The third kappa shape index (κ3) is 2.94. The monoisotopic (exact) mass is 245 g/mol. The molecule has 2 aromatic heterocycles. The van der Waals surface area contributed by atoms with E-state index in [9.17, 15) is 0 Å². The molecule has 0 atom stereocenters. The Morgan fingerprint density at radius 3 is 2.94 bits per heavy atom. The van der Waals surface area contributed by atoms with E-state index in [-0.39, 0.29) is 0 Å². The Bertz CT molecular complexity index is 514. The lowest BCUT2D eigenvalue weighted by Crippen LogP contribution is -2.14. The van der Waals surface area contributed by atoms with Crippen LogP contribution in [0.5, 0.6) is 0 Å². The Morgan fingerprint density at radius 1 is 1.35 bits per heavy atom. The standard InChI is InChI=1S/C11H11N5S/c12-10(17)9-3-5-15-16-11(9)14-7-8-2-1-4-13-6-8/h1-6H,7H2,(H2,12,17)(H,14,16). The summed E-state index contributed by atoms with van der Waals surface area (Å²) in [5.74, 6) is 0.587. The quantitative estimate of drug-likeness (QED) is 0.786. The second-order valence-electron chi connectivity index (χ2n) is 3.37. The highest BCUT2D eigenvalue weighted by molar-refractivity contribution is 7.80. The average Bonchev–Trinajstić information content (AvgIpc) is 2.38. The van der Waals surface area contributed by atoms with E-state index in [1.54, 1.807) is 24.7 Å². The summed E-state index contributed by atoms with van der Waals surface area (Å²) in [4.78, 5) is 4.33. The third-order valence-corrected chi connectivity index (χ3v) is 2.39. The molecule has 0 bridgehead atoms. The Labute approximate surface area is 104 Å². The summed E-state index contributed by atoms with van der Waals surface area (Å²) in [7, 11) is 0. The van der Waals surface area contributed by atoms with E-state index in [1.165, 1.54) is 0 Å². The number of anilines is 1. The van der Waals surface area contributed by atoms with Crippen LogP contribution in [0.25, 0.3) is 0 Å². The molecule has 0 fully saturated rings. The van der Waals surface area contributed by atoms with Crippen LogP contribution in [0.2, 0.25) is 0 Å². The Hall–Kier alpha value is -2.08. The van der Waals surface area contributed by atoms with Crippen molar-refractivity contribution in [3.63, 3.8) is 0 Å². The predicted molar refractivity (Wildman–Crippen MR) is 69.5 cm³/mol. The molecule has 0 amide bonds. The van der Waals surface area contributed by atoms with E-state index in [4.69, 9.17) is 18.0 Å². The topological polar surface area (TPSA) is 76.7 Å². The number of nitrogens with one attached hydrogen (secondary N) is 1. The van der Waals surface area contributed by atoms with Crippen molar-refractivity contribution in [1.29, 1.82) is 0 Å². The van der Waals surface area contributed by atoms with Crippen LogP contribution < -0.4 is 11.1 Å². The van der Waals surface area contributed by atoms with Crippen LogP contribution in [0, 0.1) is 0 Å². The van der Waals surface area contributed by atoms with Crippen molar-refractivity contribution in [2.45, 2.75) is 6.54 Å². The van der Waals surface area contributed by atoms with E-state index in [2.05, 4.69) is 20.5 Å². The van der Waals surface area contributed by atoms with Gasteiger partial charge in [-0.3, -0.25) is 4.98 Å². The van der Waals surface area contributed by atoms with Crippen molar-refractivity contribution in [3.8, 4) is 0 Å². The molecular formula is C11H11N5S. The third-order valence-electron chi connectivity index (χ3n) is 2.17. The predicted octanol–water partition coefficient (Wildman–Crippen LogP) is 1.12. The molecule has 0 aromatic carbocycles. The van der Waals surface area contributed by atoms with Gasteiger partial charge in [-0.1, -0.05) is 18.3 Å². The minimum absolute atomic E-state index is 0.300. The van der Waals surface area contributed by atoms with Gasteiger partial charge < -0.3 is 11.1 Å². The van der Waals surface area contributed by atoms with E-state index in [0.29, 0.717) is 22.9 Å². The fourth-order valence-electron chi connectivity index (χ4n) is 1.35. The molecule has 0 radical (unpaired) electrons. The molecule has 0 spiro atoms. The Kier molecular flexibility index (Phi) is 3.56. The maximum absolute atomic E-state index is 5.59. The zero-order valence-electron chi connectivity index (χ0n) is 9.00. The summed E-state index contributed by atoms with van der Waals surface area (Å²) in [6.07, 6.45) is 5.07. The number of nitrogens with zero attached hydrogens (tertiary/aromatic N) is 3. The highest BCUT2D eigenvalue weighted by atomic mass is 32.1. The van der Waals surface area contributed by atoms with Gasteiger partial charge in [0, 0.05) is 18.9 Å². The highest BCUT2D eigenvalue weighted by Gasteiger charge is 2.05. The molecule has 0 saturated heterocycles. The Balaban J connectivity index is 2.12. The van der Waals surface area contributed by atoms with Crippen LogP contribution in [0.15, 0.2) is 36.8 Å². The van der Waals surface area contributed by atoms with Gasteiger partial charge in [0.1, 0.15) is 4.99 Å². The first kappa shape index (κ1) is 11.4. The second-order valence-corrected chi connectivity index (χ2v) is 3.81. The number of aromatic nitrogens is 3. The zero-order chi connectivity index (χ0) is 12.1. The second kappa shape index (κ2) is 5.31. The Morgan fingerprint density at radius 2 is 2.24 bits per heavy atom. The number of rotatable bonds is 4. The summed E-state index contributed by atoms with van der Waals surface area (Å²) >= 11 is 4.94. The van der Waals surface area contributed by atoms with Crippen LogP contribution in [0.4, 0.5) is 5.82 Å². The molecule has 0 saturated carbocycles. The van der Waals surface area contributed by atoms with Crippen molar-refractivity contribution in [1.82, 2.24) is 15.2 Å². The van der Waals surface area contributed by atoms with Gasteiger partial charge in [-0.15, -0.1) is 5.10 Å². The van der Waals surface area contributed by atoms with Crippen molar-refractivity contribution in [3.05, 3.63) is 47.9 Å². The van der Waals surface area contributed by atoms with Crippen molar-refractivity contribution < 1.29 is 0 Å². The van der Waals surface area contributed by atoms with Crippen molar-refractivity contribution in [2.75, 3.05) is 5.32 Å². The fourth-order valence-corrected chi connectivity index (χ4v) is 1.51. The molecular weight excluding hydrogens is 234 g/mol. The van der Waals surface area contributed by atoms with E-state index >= 15 is 0 Å². The van der Waals surface area contributed by atoms with Crippen LogP contribution in [0.1, 0.15) is 11.1 Å². The SMILES string of the molecule is NC(=S)c1ccnnc1NCc1cccnc1. The lowest BCUT2D eigenvalue weighted by Gasteiger charge is -2.08. The van der Waals surface area contributed by atoms with Crippen molar-refractivity contribution in [2.24, 2.45) is 5.73 Å². The van der Waals surface area contributed by atoms with Crippen LogP contribution in [-0.4, -0.2) is 20.2 Å². The molecule has 0 aliphatic carbocycles. The molecule has 2 heterocycles. The fraction of sp³-hybridized carbons (Fsp3) is 0.0909. The number of nitrogens with two attached hydrogens (primary N) is 1. The number of thiocarbonyl (C=S) groups is 1. The van der Waals surface area contributed by atoms with Gasteiger partial charge in [0.25, 0.3) is 0 Å². The van der Waals surface area contributed by atoms with Gasteiger partial charge in [-0.25, -0.2) is 0 Å². The summed E-state index contributed by atoms with van der Waals surface area (Å²) in [5.41, 5.74) is 7.34. The van der Waals surface area contributed by atoms with Crippen LogP contribution in [0.3, 0.4) is 0 Å². The van der Waals surface area contributed by atoms with Crippen LogP contribution in [-0.2, 0) is 6.54 Å². The first-order valence-corrected chi connectivity index (χ1v) is 5.42. The smallest absolute Gasteiger partial charge is 0.159 e. The van der Waals surface area contributed by atoms with E-state index in [0.717, 1.165) is 5.56 Å². The largest absolute Gasteiger partial charge is 0.389 e. The van der Waals surface area contributed by atoms with E-state index < -0.39 is 0 Å². The normalized spacial score (nSPS) is 9.88. The highest BCUT2D eigenvalue weighted by Crippen LogP contribution is 2.11. The minimum atomic E-state index is 0.300. The molecule has 0 aliphatic rings. The minimum Gasteiger partial charge on any atom is -0.389 e. The van der Waals surface area contributed by atoms with Gasteiger partial charge >= 0.3 is 0 Å². The maximum atomic E-state index is 5.59. The molecule has 17 heavy (non-hydrogen) atoms. The first-order chi connectivity index (χ1) is 8.27. The number of pyridine rings is 1. The summed E-state index contributed by atoms with van der Waals surface area (Å²) < 4.78 is 0. The van der Waals surface area contributed by atoms with E-state index in [1.807, 2.05) is 12.1 Å². The lowest BCUT2D eigenvalue weighted by molar-refractivity contribution is 0.993.